The van der Waals surface area contributed by atoms with Crippen LogP contribution in [0, 0.1) is 11.8 Å². The minimum absolute atomic E-state index is 0.0319. The Morgan fingerprint density at radius 1 is 0.609 bits per heavy atom. The van der Waals surface area contributed by atoms with E-state index in [0.717, 1.165) is 6.42 Å². The summed E-state index contributed by atoms with van der Waals surface area (Å²) >= 11 is 1.39. The fourth-order valence-electron chi connectivity index (χ4n) is 9.95. The molecule has 0 aromatic rings. The lowest BCUT2D eigenvalue weighted by molar-refractivity contribution is -0.149. The van der Waals surface area contributed by atoms with Crippen LogP contribution in [0.4, 0.5) is 0 Å². The second-order valence-corrected chi connectivity index (χ2v) is 24.7. The van der Waals surface area contributed by atoms with Crippen molar-refractivity contribution in [2.24, 2.45) is 44.8 Å². The van der Waals surface area contributed by atoms with E-state index < -0.39 is 134 Å². The summed E-state index contributed by atoms with van der Waals surface area (Å²) in [6.45, 7) is 7.68. The third-order valence-electron chi connectivity index (χ3n) is 14.3. The molecular formula is C52H92N17O16PS. The number of amides is 10. The van der Waals surface area contributed by atoms with Gasteiger partial charge in [0.25, 0.3) is 0 Å². The molecule has 0 aromatic heterocycles. The summed E-state index contributed by atoms with van der Waals surface area (Å²) in [5, 5.41) is 33.3. The van der Waals surface area contributed by atoms with Gasteiger partial charge in [-0.1, -0.05) is 27.7 Å². The maximum absolute atomic E-state index is 14.3. The van der Waals surface area contributed by atoms with Gasteiger partial charge < -0.3 is 95.5 Å². The Hall–Kier alpha value is -6.87. The molecule has 10 amide bonds. The minimum atomic E-state index is -5.34. The number of nitrogens with one attached hydrogen (secondary N) is 9. The summed E-state index contributed by atoms with van der Waals surface area (Å²) in [7, 11) is -5.34. The van der Waals surface area contributed by atoms with Crippen molar-refractivity contribution < 1.29 is 76.7 Å². The molecule has 0 aliphatic carbocycles. The van der Waals surface area contributed by atoms with Crippen molar-refractivity contribution in [3.8, 4) is 0 Å². The number of aliphatic imine (C=N–C) groups is 2. The van der Waals surface area contributed by atoms with Crippen molar-refractivity contribution in [3.05, 3.63) is 0 Å². The Morgan fingerprint density at radius 3 is 1.60 bits per heavy atom. The summed E-state index contributed by atoms with van der Waals surface area (Å²) in [4.78, 5) is 180. The molecule has 0 bridgehead atoms. The highest BCUT2D eigenvalue weighted by atomic mass is 32.2. The van der Waals surface area contributed by atoms with Crippen molar-refractivity contribution in [1.29, 1.82) is 0 Å². The number of rotatable bonds is 37. The monoisotopic (exact) mass is 1270 g/mol. The first-order chi connectivity index (χ1) is 40.9. The van der Waals surface area contributed by atoms with Gasteiger partial charge in [0.2, 0.25) is 59.1 Å². The van der Waals surface area contributed by atoms with Gasteiger partial charge >= 0.3 is 13.8 Å². The van der Waals surface area contributed by atoms with Crippen LogP contribution < -0.4 is 70.8 Å². The van der Waals surface area contributed by atoms with Crippen LogP contribution in [0.2, 0.25) is 0 Å². The number of aliphatic carboxylic acids is 1. The van der Waals surface area contributed by atoms with Crippen LogP contribution in [0.3, 0.4) is 0 Å². The lowest BCUT2D eigenvalue weighted by Gasteiger charge is -2.29. The number of phosphoric ester groups is 1. The zero-order valence-electron chi connectivity index (χ0n) is 50.4. The standard InChI is InChI=1S/C52H92N17O16PS/c1-28(2)24-35(45(75)61-30(5)41(71)62-32(13-8-19-58-51(53)54)43(73)64-34(17-23-87-6)49(79)69-22-11-16-39(69)50(80)81)66-47(77)37(27-85-86(82,83)84)67-46(76)36(25-29(3)4)65-44(74)33(14-9-20-59-52(55)56)63-48(78)38-15-10-21-68(38)40(70)26-60-42(72)31-12-7-18-57-31/h28-39,57H,7-27H2,1-6H3,(H,60,72)(H,61,75)(H,62,71)(H,63,78)(H,64,73)(H,65,74)(H,66,77)(H,67,76)(H,80,81)(H4,53,54,58)(H4,55,56,59)(H2,82,83,84)/t30-,31-,32-,33-,34-,35-,36-,37-,38-,39-/m0/s1. The molecule has 35 heteroatoms. The zero-order valence-corrected chi connectivity index (χ0v) is 52.1. The molecule has 87 heavy (non-hydrogen) atoms. The molecule has 20 N–H and O–H groups in total. The lowest BCUT2D eigenvalue weighted by Crippen LogP contribution is -2.61. The highest BCUT2D eigenvalue weighted by molar-refractivity contribution is 7.98. The molecule has 3 aliphatic heterocycles. The van der Waals surface area contributed by atoms with Gasteiger partial charge in [-0.2, -0.15) is 11.8 Å². The summed E-state index contributed by atoms with van der Waals surface area (Å²) in [5.74, 6) is -9.82. The van der Waals surface area contributed by atoms with Crippen LogP contribution >= 0.6 is 19.6 Å². The number of carbonyl (C=O) groups is 11. The SMILES string of the molecule is CSCC[C@H](NC(=O)[C@H](CCCN=C(N)N)NC(=O)[C@H](C)NC(=O)[C@H](CC(C)C)NC(=O)[C@H](COP(=O)(O)O)NC(=O)[C@H](CC(C)C)NC(=O)[C@H](CCCN=C(N)N)NC(=O)[C@@H]1CCCN1C(=O)CNC(=O)[C@@H]1CCCN1)C(=O)N1CCC[C@H]1C(=O)O. The molecular weight excluding hydrogens is 1180 g/mol. The normalized spacial score (nSPS) is 19.0. The van der Waals surface area contributed by atoms with Crippen molar-refractivity contribution in [3.63, 3.8) is 0 Å². The predicted octanol–water partition coefficient (Wildman–Crippen LogP) is -4.60. The van der Waals surface area contributed by atoms with Crippen molar-refractivity contribution in [2.75, 3.05) is 57.9 Å². The van der Waals surface area contributed by atoms with Crippen LogP contribution in [0.1, 0.15) is 118 Å². The quantitative estimate of drug-likeness (QED) is 0.0120. The number of hydrogen-bond donors (Lipinski definition) is 16. The number of thioether (sulfide) groups is 1. The van der Waals surface area contributed by atoms with Crippen LogP contribution in [0.15, 0.2) is 9.98 Å². The van der Waals surface area contributed by atoms with Crippen LogP contribution in [-0.4, -0.2) is 220 Å². The van der Waals surface area contributed by atoms with E-state index in [1.54, 1.807) is 34.0 Å². The fourth-order valence-corrected chi connectivity index (χ4v) is 10.8. The largest absolute Gasteiger partial charge is 0.480 e. The smallest absolute Gasteiger partial charge is 0.469 e. The molecule has 3 heterocycles. The zero-order chi connectivity index (χ0) is 65.1. The third kappa shape index (κ3) is 26.6. The molecule has 0 unspecified atom stereocenters. The maximum Gasteiger partial charge on any atom is 0.469 e. The number of likely N-dealkylation sites (tertiary alicyclic amines) is 2. The average molecular weight is 1270 g/mol. The molecule has 3 fully saturated rings. The summed E-state index contributed by atoms with van der Waals surface area (Å²) in [6, 6.07) is -12.7. The number of guanidine groups is 2. The van der Waals surface area contributed by atoms with Crippen LogP contribution in [-0.2, 0) is 61.8 Å². The third-order valence-corrected chi connectivity index (χ3v) is 15.5. The second-order valence-electron chi connectivity index (χ2n) is 22.5. The number of carboxylic acids is 1. The molecule has 0 radical (unpaired) electrons. The number of hydrogen-bond acceptors (Lipinski definition) is 17. The molecule has 33 nitrogen and oxygen atoms in total. The average Bonchev–Trinajstić information content (AvgIpc) is 2.90. The Balaban J connectivity index is 1.84. The molecule has 0 saturated carbocycles. The van der Waals surface area contributed by atoms with Gasteiger partial charge in [-0.25, -0.2) is 9.36 Å². The van der Waals surface area contributed by atoms with Crippen LogP contribution in [0.5, 0.6) is 0 Å². The van der Waals surface area contributed by atoms with Crippen molar-refractivity contribution in [2.45, 2.75) is 179 Å². The molecule has 0 aromatic carbocycles. The number of carbonyl (C=O) groups excluding carboxylic acids is 10. The first-order valence-corrected chi connectivity index (χ1v) is 32.1. The molecule has 3 saturated heterocycles. The Bertz CT molecular complexity index is 2490. The Labute approximate surface area is 510 Å². The van der Waals surface area contributed by atoms with Gasteiger partial charge in [0, 0.05) is 26.2 Å². The van der Waals surface area contributed by atoms with Crippen molar-refractivity contribution >= 4 is 96.5 Å². The number of nitrogens with two attached hydrogens (primary N) is 4. The van der Waals surface area contributed by atoms with Gasteiger partial charge in [-0.05, 0) is 121 Å². The van der Waals surface area contributed by atoms with E-state index in [1.807, 2.05) is 0 Å². The molecule has 0 spiro atoms. The molecule has 3 rings (SSSR count). The summed E-state index contributed by atoms with van der Waals surface area (Å²) in [6.07, 6.45) is 4.64. The Kier molecular flexibility index (Phi) is 31.7. The lowest BCUT2D eigenvalue weighted by atomic mass is 10.0. The maximum atomic E-state index is 14.3. The summed E-state index contributed by atoms with van der Waals surface area (Å²) in [5.41, 5.74) is 22.0. The van der Waals surface area contributed by atoms with Crippen molar-refractivity contribution in [1.82, 2.24) is 57.7 Å². The van der Waals surface area contributed by atoms with E-state index >= 15 is 0 Å². The van der Waals surface area contributed by atoms with Crippen LogP contribution in [0.25, 0.3) is 0 Å². The predicted molar refractivity (Wildman–Crippen MR) is 320 cm³/mol. The molecule has 10 atom stereocenters. The van der Waals surface area contributed by atoms with E-state index in [0.29, 0.717) is 31.6 Å². The van der Waals surface area contributed by atoms with E-state index in [-0.39, 0.29) is 120 Å². The van der Waals surface area contributed by atoms with E-state index in [2.05, 4.69) is 62.4 Å². The number of phosphoric acid groups is 1. The number of nitrogens with zero attached hydrogens (tertiary/aromatic N) is 4. The Morgan fingerprint density at radius 2 is 1.09 bits per heavy atom. The highest BCUT2D eigenvalue weighted by Crippen LogP contribution is 2.35. The first kappa shape index (κ1) is 74.4. The number of carboxylic acid groups (broad SMARTS) is 1. The molecule has 492 valence electrons. The van der Waals surface area contributed by atoms with Gasteiger partial charge in [0.15, 0.2) is 11.9 Å². The highest BCUT2D eigenvalue weighted by Gasteiger charge is 2.41. The van der Waals surface area contributed by atoms with E-state index in [4.69, 9.17) is 22.9 Å². The van der Waals surface area contributed by atoms with Gasteiger partial charge in [0.05, 0.1) is 19.2 Å². The summed E-state index contributed by atoms with van der Waals surface area (Å²) < 4.78 is 16.7. The van der Waals surface area contributed by atoms with E-state index in [1.165, 1.54) is 28.5 Å². The van der Waals surface area contributed by atoms with E-state index in [9.17, 15) is 72.2 Å². The second kappa shape index (κ2) is 37.1. The van der Waals surface area contributed by atoms with Gasteiger partial charge in [-0.3, -0.25) is 62.5 Å². The fraction of sp³-hybridized carbons (Fsp3) is 0.750. The topological polar surface area (TPSA) is 518 Å². The molecule has 3 aliphatic rings. The van der Waals surface area contributed by atoms with Gasteiger partial charge in [0.1, 0.15) is 54.4 Å². The minimum Gasteiger partial charge on any atom is -0.480 e. The first-order valence-electron chi connectivity index (χ1n) is 29.2. The van der Waals surface area contributed by atoms with Gasteiger partial charge in [-0.15, -0.1) is 0 Å².